The van der Waals surface area contributed by atoms with Crippen LogP contribution in [0.5, 0.6) is 0 Å². The van der Waals surface area contributed by atoms with E-state index in [1.165, 1.54) is 12.1 Å². The number of benzene rings is 2. The zero-order chi connectivity index (χ0) is 24.4. The van der Waals surface area contributed by atoms with E-state index in [0.717, 1.165) is 4.47 Å². The minimum absolute atomic E-state index is 0.0986. The lowest BCUT2D eigenvalue weighted by Gasteiger charge is -2.10. The molecule has 2 aromatic rings. The Bertz CT molecular complexity index is 1100. The second-order valence-corrected chi connectivity index (χ2v) is 12.4. The van der Waals surface area contributed by atoms with E-state index in [9.17, 15) is 16.8 Å². The molecule has 2 rings (SSSR count). The highest BCUT2D eigenvalue weighted by atomic mass is 79.9. The van der Waals surface area contributed by atoms with Crippen LogP contribution in [-0.4, -0.2) is 51.2 Å². The number of hydrogen-bond acceptors (Lipinski definition) is 8. The molecule has 0 bridgehead atoms. The van der Waals surface area contributed by atoms with Gasteiger partial charge in [-0.1, -0.05) is 34.1 Å². The molecule has 2 aromatic carbocycles. The molecule has 0 aliphatic rings. The average molecular weight is 582 g/mol. The van der Waals surface area contributed by atoms with E-state index in [2.05, 4.69) is 15.9 Å². The third-order valence-electron chi connectivity index (χ3n) is 3.56. The third kappa shape index (κ3) is 10.5. The van der Waals surface area contributed by atoms with Gasteiger partial charge in [-0.3, -0.25) is 0 Å². The van der Waals surface area contributed by atoms with Gasteiger partial charge in [0.05, 0.1) is 22.5 Å². The van der Waals surface area contributed by atoms with Gasteiger partial charge < -0.3 is 9.47 Å². The van der Waals surface area contributed by atoms with Crippen LogP contribution in [0.15, 0.2) is 68.9 Å². The van der Waals surface area contributed by atoms with Crippen molar-refractivity contribution in [2.75, 3.05) is 18.1 Å². The summed E-state index contributed by atoms with van der Waals surface area (Å²) in [5.74, 6) is -0.498. The maximum Gasteiger partial charge on any atom is 0.186 e. The van der Waals surface area contributed by atoms with E-state index >= 15 is 0 Å². The number of rotatable bonds is 8. The normalized spacial score (nSPS) is 11.3. The highest BCUT2D eigenvalue weighted by Crippen LogP contribution is 2.16. The molecule has 0 aliphatic heterocycles. The Morgan fingerprint density at radius 3 is 1.78 bits per heavy atom. The summed E-state index contributed by atoms with van der Waals surface area (Å²) in [6, 6.07) is 14.6. The van der Waals surface area contributed by atoms with Crippen molar-refractivity contribution in [1.82, 2.24) is 0 Å². The maximum atomic E-state index is 11.9. The Morgan fingerprint density at radius 1 is 0.844 bits per heavy atom. The molecule has 0 fully saturated rings. The minimum atomic E-state index is -3.39. The summed E-state index contributed by atoms with van der Waals surface area (Å²) in [6.45, 7) is 5.76. The number of thiocarbonyl (C=S) groups is 2. The second kappa shape index (κ2) is 13.3. The highest BCUT2D eigenvalue weighted by molar-refractivity contribution is 9.10. The molecular weight excluding hydrogens is 556 g/mol. The van der Waals surface area contributed by atoms with Crippen molar-refractivity contribution < 1.29 is 26.3 Å². The first-order valence-electron chi connectivity index (χ1n) is 9.48. The van der Waals surface area contributed by atoms with Crippen LogP contribution >= 0.6 is 40.4 Å². The third-order valence-corrected chi connectivity index (χ3v) is 8.23. The molecule has 0 heterocycles. The average Bonchev–Trinajstić information content (AvgIpc) is 2.68. The molecule has 11 heteroatoms. The molecule has 0 aromatic heterocycles. The van der Waals surface area contributed by atoms with Crippen molar-refractivity contribution in [2.24, 2.45) is 0 Å². The summed E-state index contributed by atoms with van der Waals surface area (Å²) >= 11 is 12.9. The SMILES string of the molecule is CC(C)OC(=S)CS(=O)(=O)c1ccccc1.CCOC(=S)CS(=O)(=O)c1ccc(Br)cc1. The van der Waals surface area contributed by atoms with Gasteiger partial charge >= 0.3 is 0 Å². The smallest absolute Gasteiger partial charge is 0.186 e. The molecule has 176 valence electrons. The lowest BCUT2D eigenvalue weighted by atomic mass is 10.4. The summed E-state index contributed by atoms with van der Waals surface area (Å²) < 4.78 is 58.4. The van der Waals surface area contributed by atoms with Crippen LogP contribution in [0.4, 0.5) is 0 Å². The molecule has 0 N–H and O–H groups in total. The molecule has 0 radical (unpaired) electrons. The molecule has 0 aliphatic carbocycles. The molecule has 0 spiro atoms. The maximum absolute atomic E-state index is 11.9. The number of hydrogen-bond donors (Lipinski definition) is 0. The summed E-state index contributed by atoms with van der Waals surface area (Å²) in [5, 5.41) is 0.212. The lowest BCUT2D eigenvalue weighted by molar-refractivity contribution is 0.234. The molecular formula is C21H25BrO6S4. The van der Waals surface area contributed by atoms with E-state index in [1.54, 1.807) is 63.2 Å². The predicted molar refractivity (Wildman–Crippen MR) is 138 cm³/mol. The van der Waals surface area contributed by atoms with Crippen molar-refractivity contribution in [1.29, 1.82) is 0 Å². The Balaban J connectivity index is 0.000000320. The molecule has 0 atom stereocenters. The van der Waals surface area contributed by atoms with E-state index in [0.29, 0.717) is 6.61 Å². The van der Waals surface area contributed by atoms with E-state index in [-0.39, 0.29) is 37.5 Å². The van der Waals surface area contributed by atoms with Crippen molar-refractivity contribution in [3.05, 3.63) is 59.1 Å². The van der Waals surface area contributed by atoms with Gasteiger partial charge in [0.1, 0.15) is 11.5 Å². The zero-order valence-electron chi connectivity index (χ0n) is 17.9. The fourth-order valence-corrected chi connectivity index (χ4v) is 5.98. The van der Waals surface area contributed by atoms with Crippen molar-refractivity contribution in [2.45, 2.75) is 36.7 Å². The summed E-state index contributed by atoms with van der Waals surface area (Å²) in [7, 11) is -6.76. The fourth-order valence-electron chi connectivity index (χ4n) is 2.25. The standard InChI is InChI=1S/C11H14O3S2.C10H11BrO3S2/c1-9(2)14-11(15)8-16(12,13)10-6-4-3-5-7-10;1-2-14-10(15)7-16(12,13)9-5-3-8(11)4-6-9/h3-7,9H,8H2,1-2H3;3-6H,2,7H2,1H3. The van der Waals surface area contributed by atoms with Crippen LogP contribution in [0, 0.1) is 0 Å². The van der Waals surface area contributed by atoms with Gasteiger partial charge in [-0.05, 0) is 81.6 Å². The first-order valence-corrected chi connectivity index (χ1v) is 14.4. The van der Waals surface area contributed by atoms with Crippen LogP contribution in [0.2, 0.25) is 0 Å². The van der Waals surface area contributed by atoms with Crippen LogP contribution in [0.25, 0.3) is 0 Å². The Labute approximate surface area is 209 Å². The Morgan fingerprint density at radius 2 is 1.31 bits per heavy atom. The van der Waals surface area contributed by atoms with E-state index in [4.69, 9.17) is 33.9 Å². The van der Waals surface area contributed by atoms with Gasteiger partial charge in [-0.15, -0.1) is 0 Å². The summed E-state index contributed by atoms with van der Waals surface area (Å²) in [4.78, 5) is 0.516. The Kier molecular flexibility index (Phi) is 11.9. The number of halogens is 1. The fraction of sp³-hybridized carbons (Fsp3) is 0.333. The van der Waals surface area contributed by atoms with Gasteiger partial charge in [0.15, 0.2) is 29.8 Å². The predicted octanol–water partition coefficient (Wildman–Crippen LogP) is 4.80. The van der Waals surface area contributed by atoms with E-state index in [1.807, 2.05) is 0 Å². The highest BCUT2D eigenvalue weighted by Gasteiger charge is 2.18. The zero-order valence-corrected chi connectivity index (χ0v) is 22.7. The first-order chi connectivity index (χ1) is 14.9. The monoisotopic (exact) mass is 580 g/mol. The van der Waals surface area contributed by atoms with Crippen molar-refractivity contribution in [3.63, 3.8) is 0 Å². The first kappa shape index (κ1) is 28.6. The molecule has 0 amide bonds. The van der Waals surface area contributed by atoms with Gasteiger partial charge in [0.2, 0.25) is 0 Å². The topological polar surface area (TPSA) is 86.7 Å². The Hall–Kier alpha value is -1.40. The number of ether oxygens (including phenoxy) is 2. The van der Waals surface area contributed by atoms with Gasteiger partial charge in [-0.25, -0.2) is 16.8 Å². The molecule has 0 unspecified atom stereocenters. The molecule has 0 saturated carbocycles. The largest absolute Gasteiger partial charge is 0.486 e. The van der Waals surface area contributed by atoms with Crippen LogP contribution in [0.3, 0.4) is 0 Å². The molecule has 32 heavy (non-hydrogen) atoms. The van der Waals surface area contributed by atoms with Crippen LogP contribution in [0.1, 0.15) is 20.8 Å². The van der Waals surface area contributed by atoms with Gasteiger partial charge in [0.25, 0.3) is 0 Å². The lowest BCUT2D eigenvalue weighted by Crippen LogP contribution is -2.20. The number of sulfone groups is 2. The van der Waals surface area contributed by atoms with Crippen molar-refractivity contribution >= 4 is 70.1 Å². The molecule has 6 nitrogen and oxygen atoms in total. The van der Waals surface area contributed by atoms with Crippen molar-refractivity contribution in [3.8, 4) is 0 Å². The van der Waals surface area contributed by atoms with Gasteiger partial charge in [-0.2, -0.15) is 0 Å². The van der Waals surface area contributed by atoms with Crippen LogP contribution < -0.4 is 0 Å². The van der Waals surface area contributed by atoms with Gasteiger partial charge in [0, 0.05) is 4.47 Å². The minimum Gasteiger partial charge on any atom is -0.486 e. The van der Waals surface area contributed by atoms with Crippen LogP contribution in [-0.2, 0) is 29.1 Å². The summed E-state index contributed by atoms with van der Waals surface area (Å²) in [5.41, 5.74) is 0. The second-order valence-electron chi connectivity index (χ2n) is 6.63. The summed E-state index contributed by atoms with van der Waals surface area (Å²) in [6.07, 6.45) is -0.0986. The van der Waals surface area contributed by atoms with E-state index < -0.39 is 19.7 Å². The molecule has 0 saturated heterocycles. The quantitative estimate of drug-likeness (QED) is 0.411.